The second kappa shape index (κ2) is 7.29. The van der Waals surface area contributed by atoms with Gasteiger partial charge in [0.2, 0.25) is 15.9 Å². The van der Waals surface area contributed by atoms with Gasteiger partial charge in [-0.3, -0.25) is 0 Å². The summed E-state index contributed by atoms with van der Waals surface area (Å²) in [5.41, 5.74) is 3.64. The molecule has 2 aromatic rings. The van der Waals surface area contributed by atoms with Gasteiger partial charge in [0, 0.05) is 12.7 Å². The highest BCUT2D eigenvalue weighted by atomic mass is 79.9. The van der Waals surface area contributed by atoms with E-state index in [2.05, 4.69) is 20.9 Å². The molecule has 3 rings (SSSR count). The van der Waals surface area contributed by atoms with Gasteiger partial charge in [-0.05, 0) is 84.4 Å². The van der Waals surface area contributed by atoms with Gasteiger partial charge < -0.3 is 4.74 Å². The van der Waals surface area contributed by atoms with Crippen LogP contribution in [-0.4, -0.2) is 36.9 Å². The van der Waals surface area contributed by atoms with Gasteiger partial charge in [-0.25, -0.2) is 13.4 Å². The third kappa shape index (κ3) is 3.52. The molecule has 1 saturated heterocycles. The van der Waals surface area contributed by atoms with Crippen molar-refractivity contribution in [2.45, 2.75) is 45.1 Å². The molecule has 1 aliphatic rings. The van der Waals surface area contributed by atoms with Gasteiger partial charge in [0.05, 0.1) is 15.9 Å². The summed E-state index contributed by atoms with van der Waals surface area (Å²) >= 11 is 3.41. The molecule has 1 fully saturated rings. The first-order chi connectivity index (χ1) is 12.2. The molecule has 1 aromatic carbocycles. The van der Waals surface area contributed by atoms with Crippen LogP contribution in [0.15, 0.2) is 33.8 Å². The Morgan fingerprint density at radius 2 is 1.85 bits per heavy atom. The van der Waals surface area contributed by atoms with E-state index in [1.807, 2.05) is 45.9 Å². The predicted molar refractivity (Wildman–Crippen MR) is 105 cm³/mol. The maximum Gasteiger partial charge on any atom is 0.243 e. The number of nitrogens with zero attached hydrogens (tertiary/aromatic N) is 2. The van der Waals surface area contributed by atoms with E-state index in [4.69, 9.17) is 4.74 Å². The number of hydrogen-bond acceptors (Lipinski definition) is 4. The molecule has 7 heteroatoms. The van der Waals surface area contributed by atoms with Gasteiger partial charge in [-0.2, -0.15) is 4.31 Å². The zero-order valence-electron chi connectivity index (χ0n) is 15.4. The zero-order valence-corrected chi connectivity index (χ0v) is 17.8. The molecule has 0 radical (unpaired) electrons. The summed E-state index contributed by atoms with van der Waals surface area (Å²) in [6.45, 7) is 8.44. The lowest BCUT2D eigenvalue weighted by Gasteiger charge is -2.22. The Kier molecular flexibility index (Phi) is 5.42. The van der Waals surface area contributed by atoms with Crippen LogP contribution < -0.4 is 4.74 Å². The third-order valence-corrected chi connectivity index (χ3v) is 7.75. The van der Waals surface area contributed by atoms with Crippen LogP contribution in [0.5, 0.6) is 5.88 Å². The maximum atomic E-state index is 13.3. The second-order valence-electron chi connectivity index (χ2n) is 6.77. The first-order valence-corrected chi connectivity index (χ1v) is 10.8. The van der Waals surface area contributed by atoms with Crippen LogP contribution in [-0.2, 0) is 10.0 Å². The lowest BCUT2D eigenvalue weighted by molar-refractivity contribution is 0.205. The van der Waals surface area contributed by atoms with E-state index in [1.165, 1.54) is 4.31 Å². The van der Waals surface area contributed by atoms with Crippen molar-refractivity contribution in [1.82, 2.24) is 9.29 Å². The van der Waals surface area contributed by atoms with Crippen LogP contribution in [0.3, 0.4) is 0 Å². The quantitative estimate of drug-likeness (QED) is 0.725. The number of benzene rings is 1. The fourth-order valence-electron chi connectivity index (χ4n) is 3.32. The zero-order chi connectivity index (χ0) is 19.1. The molecular formula is C19H23BrN2O3S. The van der Waals surface area contributed by atoms with Crippen molar-refractivity contribution in [3.05, 3.63) is 51.1 Å². The minimum Gasteiger partial charge on any atom is -0.472 e. The molecule has 0 amide bonds. The van der Waals surface area contributed by atoms with E-state index in [0.717, 1.165) is 26.7 Å². The molecule has 0 aliphatic carbocycles. The molecule has 1 aliphatic heterocycles. The number of rotatable bonds is 4. The number of halogens is 1. The Morgan fingerprint density at radius 1 is 1.19 bits per heavy atom. The van der Waals surface area contributed by atoms with E-state index in [1.54, 1.807) is 6.20 Å². The molecule has 1 atom stereocenters. The number of aryl methyl sites for hydroxylation is 2. The summed E-state index contributed by atoms with van der Waals surface area (Å²) in [4.78, 5) is 4.64. The number of pyridine rings is 1. The van der Waals surface area contributed by atoms with Gasteiger partial charge >= 0.3 is 0 Å². The molecule has 140 valence electrons. The first kappa shape index (κ1) is 19.3. The number of sulfonamides is 1. The van der Waals surface area contributed by atoms with Gasteiger partial charge in [0.15, 0.2) is 0 Å². The summed E-state index contributed by atoms with van der Waals surface area (Å²) in [6.07, 6.45) is 2.10. The highest BCUT2D eigenvalue weighted by Gasteiger charge is 2.36. The molecule has 5 nitrogen and oxygen atoms in total. The maximum absolute atomic E-state index is 13.3. The standard InChI is InChI=1S/C19H23BrN2O3S/c1-12-10-13(2)15(4)18(14(12)3)26(23,24)22-9-7-16(11-22)25-19-17(20)6-5-8-21-19/h5-6,8,10,16H,7,9,11H2,1-4H3. The Bertz CT molecular complexity index is 918. The summed E-state index contributed by atoms with van der Waals surface area (Å²) < 4.78 is 34.8. The Labute approximate surface area is 163 Å². The Balaban J connectivity index is 1.86. The third-order valence-electron chi connectivity index (χ3n) is 5.01. The van der Waals surface area contributed by atoms with Crippen LogP contribution >= 0.6 is 15.9 Å². The molecular weight excluding hydrogens is 416 g/mol. The van der Waals surface area contributed by atoms with Crippen LogP contribution in [0.1, 0.15) is 28.7 Å². The van der Waals surface area contributed by atoms with E-state index in [-0.39, 0.29) is 6.10 Å². The van der Waals surface area contributed by atoms with Crippen molar-refractivity contribution < 1.29 is 13.2 Å². The highest BCUT2D eigenvalue weighted by molar-refractivity contribution is 9.10. The largest absolute Gasteiger partial charge is 0.472 e. The van der Waals surface area contributed by atoms with Crippen LogP contribution in [0.2, 0.25) is 0 Å². The van der Waals surface area contributed by atoms with Gasteiger partial charge in [0.1, 0.15) is 6.10 Å². The van der Waals surface area contributed by atoms with Gasteiger partial charge in [0.25, 0.3) is 0 Å². The smallest absolute Gasteiger partial charge is 0.243 e. The molecule has 2 heterocycles. The van der Waals surface area contributed by atoms with E-state index in [0.29, 0.717) is 30.3 Å². The fourth-order valence-corrected chi connectivity index (χ4v) is 5.74. The van der Waals surface area contributed by atoms with Crippen LogP contribution in [0, 0.1) is 27.7 Å². The summed E-state index contributed by atoms with van der Waals surface area (Å²) in [5.74, 6) is 0.496. The molecule has 26 heavy (non-hydrogen) atoms. The van der Waals surface area contributed by atoms with Crippen molar-refractivity contribution >= 4 is 26.0 Å². The van der Waals surface area contributed by atoms with Crippen molar-refractivity contribution in [2.75, 3.05) is 13.1 Å². The van der Waals surface area contributed by atoms with Gasteiger partial charge in [-0.1, -0.05) is 6.07 Å². The first-order valence-electron chi connectivity index (χ1n) is 8.56. The number of hydrogen-bond donors (Lipinski definition) is 0. The summed E-state index contributed by atoms with van der Waals surface area (Å²) in [5, 5.41) is 0. The molecule has 1 unspecified atom stereocenters. The molecule has 1 aromatic heterocycles. The average molecular weight is 439 g/mol. The lowest BCUT2D eigenvalue weighted by atomic mass is 10.0. The SMILES string of the molecule is Cc1cc(C)c(C)c(S(=O)(=O)N2CCC(Oc3ncccc3Br)C2)c1C. The van der Waals surface area contributed by atoms with E-state index < -0.39 is 10.0 Å². The highest BCUT2D eigenvalue weighted by Crippen LogP contribution is 2.31. The average Bonchev–Trinajstić information content (AvgIpc) is 3.05. The van der Waals surface area contributed by atoms with Gasteiger partial charge in [-0.15, -0.1) is 0 Å². The Morgan fingerprint density at radius 3 is 2.46 bits per heavy atom. The van der Waals surface area contributed by atoms with Crippen molar-refractivity contribution in [3.63, 3.8) is 0 Å². The van der Waals surface area contributed by atoms with Crippen LogP contribution in [0.4, 0.5) is 0 Å². The second-order valence-corrected chi connectivity index (χ2v) is 9.50. The minimum atomic E-state index is -3.56. The van der Waals surface area contributed by atoms with Crippen molar-refractivity contribution in [1.29, 1.82) is 0 Å². The molecule has 0 bridgehead atoms. The van der Waals surface area contributed by atoms with Crippen molar-refractivity contribution in [2.24, 2.45) is 0 Å². The summed E-state index contributed by atoms with van der Waals surface area (Å²) in [7, 11) is -3.56. The van der Waals surface area contributed by atoms with Crippen LogP contribution in [0.25, 0.3) is 0 Å². The fraction of sp³-hybridized carbons (Fsp3) is 0.421. The molecule has 0 saturated carbocycles. The molecule has 0 spiro atoms. The lowest BCUT2D eigenvalue weighted by Crippen LogP contribution is -2.32. The minimum absolute atomic E-state index is 0.206. The monoisotopic (exact) mass is 438 g/mol. The predicted octanol–water partition coefficient (Wildman–Crippen LogP) is 3.92. The number of aromatic nitrogens is 1. The van der Waals surface area contributed by atoms with Crippen molar-refractivity contribution in [3.8, 4) is 5.88 Å². The van der Waals surface area contributed by atoms with E-state index in [9.17, 15) is 8.42 Å². The van der Waals surface area contributed by atoms with E-state index >= 15 is 0 Å². The Hall–Kier alpha value is -1.44. The normalized spacial score (nSPS) is 18.3. The number of ether oxygens (including phenoxy) is 1. The summed E-state index contributed by atoms with van der Waals surface area (Å²) in [6, 6.07) is 5.71. The molecule has 0 N–H and O–H groups in total. The topological polar surface area (TPSA) is 59.5 Å².